The van der Waals surface area contributed by atoms with Crippen molar-refractivity contribution in [1.29, 1.82) is 0 Å². The van der Waals surface area contributed by atoms with E-state index in [1.165, 1.54) is 0 Å². The lowest BCUT2D eigenvalue weighted by Crippen LogP contribution is -2.36. The standard InChI is InChI=1S/C19H24N4O3/c1-14(12-22-9-3-8-21-22)11-20-19(25)15-10-18(24)23(13-15)16-4-6-17(26-2)7-5-16/h3-9,14-15H,10-13H2,1-2H3,(H,20,25). The molecule has 1 fully saturated rings. The van der Waals surface area contributed by atoms with Crippen LogP contribution in [0.4, 0.5) is 5.69 Å². The van der Waals surface area contributed by atoms with Gasteiger partial charge in [-0.05, 0) is 36.2 Å². The third-order valence-corrected chi connectivity index (χ3v) is 4.56. The largest absolute Gasteiger partial charge is 0.497 e. The number of nitrogens with one attached hydrogen (secondary N) is 1. The number of aromatic nitrogens is 2. The van der Waals surface area contributed by atoms with Crippen molar-refractivity contribution >= 4 is 17.5 Å². The highest BCUT2D eigenvalue weighted by atomic mass is 16.5. The molecular weight excluding hydrogens is 332 g/mol. The summed E-state index contributed by atoms with van der Waals surface area (Å²) in [6, 6.07) is 9.18. The Kier molecular flexibility index (Phi) is 5.55. The molecule has 1 aliphatic heterocycles. The number of hydrogen-bond donors (Lipinski definition) is 1. The lowest BCUT2D eigenvalue weighted by molar-refractivity contribution is -0.126. The molecule has 0 bridgehead atoms. The Morgan fingerprint density at radius 3 is 2.81 bits per heavy atom. The van der Waals surface area contributed by atoms with Crippen molar-refractivity contribution in [3.05, 3.63) is 42.7 Å². The minimum absolute atomic E-state index is 0.0279. The second-order valence-electron chi connectivity index (χ2n) is 6.68. The number of amides is 2. The van der Waals surface area contributed by atoms with Crippen LogP contribution in [0.5, 0.6) is 5.75 Å². The number of carbonyl (C=O) groups is 2. The minimum atomic E-state index is -0.318. The van der Waals surface area contributed by atoms with E-state index in [-0.39, 0.29) is 30.1 Å². The van der Waals surface area contributed by atoms with Gasteiger partial charge in [-0.2, -0.15) is 5.10 Å². The number of rotatable bonds is 7. The molecule has 1 aromatic heterocycles. The zero-order valence-electron chi connectivity index (χ0n) is 15.1. The number of carbonyl (C=O) groups excluding carboxylic acids is 2. The predicted octanol–water partition coefficient (Wildman–Crippen LogP) is 1.70. The maximum atomic E-state index is 12.4. The van der Waals surface area contributed by atoms with E-state index in [2.05, 4.69) is 17.3 Å². The van der Waals surface area contributed by atoms with Gasteiger partial charge in [-0.3, -0.25) is 14.3 Å². The molecule has 0 saturated carbocycles. The van der Waals surface area contributed by atoms with Gasteiger partial charge in [0.15, 0.2) is 0 Å². The Labute approximate surface area is 152 Å². The zero-order chi connectivity index (χ0) is 18.5. The lowest BCUT2D eigenvalue weighted by Gasteiger charge is -2.18. The normalized spacial score (nSPS) is 18.0. The summed E-state index contributed by atoms with van der Waals surface area (Å²) in [6.45, 7) is 3.77. The SMILES string of the molecule is COc1ccc(N2CC(C(=O)NCC(C)Cn3cccn3)CC2=O)cc1. The number of ether oxygens (including phenoxy) is 1. The molecule has 2 atom stereocenters. The van der Waals surface area contributed by atoms with Crippen LogP contribution in [-0.2, 0) is 16.1 Å². The summed E-state index contributed by atoms with van der Waals surface area (Å²) in [4.78, 5) is 26.4. The van der Waals surface area contributed by atoms with E-state index in [1.807, 2.05) is 41.2 Å². The smallest absolute Gasteiger partial charge is 0.227 e. The summed E-state index contributed by atoms with van der Waals surface area (Å²) >= 11 is 0. The molecule has 1 aliphatic rings. The Bertz CT molecular complexity index is 743. The quantitative estimate of drug-likeness (QED) is 0.819. The van der Waals surface area contributed by atoms with E-state index in [0.29, 0.717) is 13.1 Å². The third kappa shape index (κ3) is 4.22. The molecular formula is C19H24N4O3. The first kappa shape index (κ1) is 18.0. The van der Waals surface area contributed by atoms with Crippen molar-refractivity contribution in [3.8, 4) is 5.75 Å². The van der Waals surface area contributed by atoms with Crippen LogP contribution in [0.25, 0.3) is 0 Å². The predicted molar refractivity (Wildman–Crippen MR) is 97.9 cm³/mol. The average molecular weight is 356 g/mol. The number of benzene rings is 1. The van der Waals surface area contributed by atoms with Crippen molar-refractivity contribution < 1.29 is 14.3 Å². The molecule has 7 heteroatoms. The molecule has 0 aliphatic carbocycles. The van der Waals surface area contributed by atoms with Crippen LogP contribution in [0.1, 0.15) is 13.3 Å². The van der Waals surface area contributed by atoms with Crippen molar-refractivity contribution in [2.24, 2.45) is 11.8 Å². The molecule has 2 heterocycles. The van der Waals surface area contributed by atoms with E-state index in [4.69, 9.17) is 4.74 Å². The van der Waals surface area contributed by atoms with Crippen LogP contribution in [0.15, 0.2) is 42.7 Å². The highest BCUT2D eigenvalue weighted by molar-refractivity contribution is 6.00. The number of nitrogens with zero attached hydrogens (tertiary/aromatic N) is 3. The molecule has 0 spiro atoms. The Morgan fingerprint density at radius 2 is 2.15 bits per heavy atom. The van der Waals surface area contributed by atoms with Gasteiger partial charge in [0, 0.05) is 44.1 Å². The molecule has 2 amide bonds. The van der Waals surface area contributed by atoms with Crippen LogP contribution in [0.2, 0.25) is 0 Å². The Morgan fingerprint density at radius 1 is 1.38 bits per heavy atom. The van der Waals surface area contributed by atoms with Gasteiger partial charge in [0.2, 0.25) is 11.8 Å². The fourth-order valence-electron chi connectivity index (χ4n) is 3.11. The third-order valence-electron chi connectivity index (χ3n) is 4.56. The first-order valence-electron chi connectivity index (χ1n) is 8.76. The molecule has 1 aromatic carbocycles. The molecule has 138 valence electrons. The summed E-state index contributed by atoms with van der Waals surface area (Å²) in [6.07, 6.45) is 3.88. The highest BCUT2D eigenvalue weighted by Crippen LogP contribution is 2.26. The topological polar surface area (TPSA) is 76.5 Å². The molecule has 3 rings (SSSR count). The van der Waals surface area contributed by atoms with Gasteiger partial charge in [0.05, 0.1) is 13.0 Å². The van der Waals surface area contributed by atoms with Gasteiger partial charge in [0.1, 0.15) is 5.75 Å². The van der Waals surface area contributed by atoms with Gasteiger partial charge in [-0.25, -0.2) is 0 Å². The molecule has 2 unspecified atom stereocenters. The molecule has 1 N–H and O–H groups in total. The van der Waals surface area contributed by atoms with Crippen LogP contribution >= 0.6 is 0 Å². The number of methoxy groups -OCH3 is 1. The average Bonchev–Trinajstić information content (AvgIpc) is 3.29. The van der Waals surface area contributed by atoms with Crippen LogP contribution in [0, 0.1) is 11.8 Å². The minimum Gasteiger partial charge on any atom is -0.497 e. The number of hydrogen-bond acceptors (Lipinski definition) is 4. The Balaban J connectivity index is 1.51. The van der Waals surface area contributed by atoms with Crippen molar-refractivity contribution in [1.82, 2.24) is 15.1 Å². The summed E-state index contributed by atoms with van der Waals surface area (Å²) < 4.78 is 6.98. The fourth-order valence-corrected chi connectivity index (χ4v) is 3.11. The Hall–Kier alpha value is -2.83. The maximum Gasteiger partial charge on any atom is 0.227 e. The summed E-state index contributed by atoms with van der Waals surface area (Å²) in [5.74, 6) is 0.581. The van der Waals surface area contributed by atoms with Crippen LogP contribution in [-0.4, -0.2) is 41.8 Å². The summed E-state index contributed by atoms with van der Waals surface area (Å²) in [5, 5.41) is 7.14. The second-order valence-corrected chi connectivity index (χ2v) is 6.68. The van der Waals surface area contributed by atoms with Gasteiger partial charge in [0.25, 0.3) is 0 Å². The van der Waals surface area contributed by atoms with E-state index in [0.717, 1.165) is 18.0 Å². The summed E-state index contributed by atoms with van der Waals surface area (Å²) in [5.41, 5.74) is 0.790. The number of anilines is 1. The molecule has 2 aromatic rings. The molecule has 1 saturated heterocycles. The van der Waals surface area contributed by atoms with Gasteiger partial charge < -0.3 is 15.0 Å². The molecule has 26 heavy (non-hydrogen) atoms. The van der Waals surface area contributed by atoms with Gasteiger partial charge in [-0.15, -0.1) is 0 Å². The van der Waals surface area contributed by atoms with E-state index >= 15 is 0 Å². The van der Waals surface area contributed by atoms with Crippen molar-refractivity contribution in [2.45, 2.75) is 19.9 Å². The summed E-state index contributed by atoms with van der Waals surface area (Å²) in [7, 11) is 1.60. The fraction of sp³-hybridized carbons (Fsp3) is 0.421. The maximum absolute atomic E-state index is 12.4. The van der Waals surface area contributed by atoms with Crippen molar-refractivity contribution in [3.63, 3.8) is 0 Å². The van der Waals surface area contributed by atoms with Gasteiger partial charge in [-0.1, -0.05) is 6.92 Å². The van der Waals surface area contributed by atoms with Crippen LogP contribution in [0.3, 0.4) is 0 Å². The first-order valence-corrected chi connectivity index (χ1v) is 8.76. The van der Waals surface area contributed by atoms with E-state index < -0.39 is 0 Å². The lowest BCUT2D eigenvalue weighted by atomic mass is 10.1. The van der Waals surface area contributed by atoms with E-state index in [9.17, 15) is 9.59 Å². The second kappa shape index (κ2) is 8.03. The molecule has 7 nitrogen and oxygen atoms in total. The monoisotopic (exact) mass is 356 g/mol. The van der Waals surface area contributed by atoms with Crippen molar-refractivity contribution in [2.75, 3.05) is 25.1 Å². The van der Waals surface area contributed by atoms with Gasteiger partial charge >= 0.3 is 0 Å². The zero-order valence-corrected chi connectivity index (χ0v) is 15.1. The first-order chi connectivity index (χ1) is 12.6. The van der Waals surface area contributed by atoms with Crippen LogP contribution < -0.4 is 15.0 Å². The molecule has 0 radical (unpaired) electrons. The highest BCUT2D eigenvalue weighted by Gasteiger charge is 2.35. The van der Waals surface area contributed by atoms with E-state index in [1.54, 1.807) is 18.2 Å².